The average Bonchev–Trinajstić information content (AvgIpc) is 3.78. The average molecular weight is 533 g/mol. The number of aromatic nitrogens is 7. The van der Waals surface area contributed by atoms with Gasteiger partial charge >= 0.3 is 0 Å². The number of ether oxygens (including phenoxy) is 1. The van der Waals surface area contributed by atoms with E-state index in [4.69, 9.17) is 19.7 Å². The predicted octanol–water partition coefficient (Wildman–Crippen LogP) is 4.93. The molecular formula is C27H32N8O2S. The van der Waals surface area contributed by atoms with Crippen molar-refractivity contribution in [3.8, 4) is 17.3 Å². The van der Waals surface area contributed by atoms with Crippen LogP contribution in [0.1, 0.15) is 69.1 Å². The highest BCUT2D eigenvalue weighted by molar-refractivity contribution is 7.99. The summed E-state index contributed by atoms with van der Waals surface area (Å²) in [5, 5.41) is 3.21. The first-order chi connectivity index (χ1) is 18.4. The molecule has 1 saturated carbocycles. The lowest BCUT2D eigenvalue weighted by Crippen LogP contribution is -2.29. The molecule has 4 aromatic heterocycles. The molecule has 10 nitrogen and oxygen atoms in total. The van der Waals surface area contributed by atoms with Crippen molar-refractivity contribution in [1.82, 2.24) is 34.5 Å². The van der Waals surface area contributed by atoms with Gasteiger partial charge in [0.05, 0.1) is 30.7 Å². The van der Waals surface area contributed by atoms with Crippen molar-refractivity contribution in [2.75, 3.05) is 18.2 Å². The Morgan fingerprint density at radius 1 is 1.16 bits per heavy atom. The molecule has 0 aromatic carbocycles. The zero-order chi connectivity index (χ0) is 26.8. The second-order valence-corrected chi connectivity index (χ2v) is 10.7. The van der Waals surface area contributed by atoms with Crippen LogP contribution in [0.5, 0.6) is 5.88 Å². The highest BCUT2D eigenvalue weighted by Crippen LogP contribution is 2.45. The van der Waals surface area contributed by atoms with Crippen LogP contribution in [-0.2, 0) is 6.54 Å². The fraction of sp³-hybridized carbons (Fsp3) is 0.444. The van der Waals surface area contributed by atoms with E-state index >= 15 is 0 Å². The third kappa shape index (κ3) is 5.07. The first kappa shape index (κ1) is 26.0. The summed E-state index contributed by atoms with van der Waals surface area (Å²) in [5.41, 5.74) is 3.89. The lowest BCUT2D eigenvalue weighted by molar-refractivity contribution is 0.397. The monoisotopic (exact) mass is 532 g/mol. The summed E-state index contributed by atoms with van der Waals surface area (Å²) in [5.74, 6) is 2.46. The maximum Gasteiger partial charge on any atom is 0.295 e. The van der Waals surface area contributed by atoms with Crippen LogP contribution in [0.4, 0.5) is 5.82 Å². The van der Waals surface area contributed by atoms with E-state index in [0.29, 0.717) is 46.6 Å². The molecule has 0 amide bonds. The number of pyridine rings is 1. The molecule has 0 bridgehead atoms. The van der Waals surface area contributed by atoms with Gasteiger partial charge in [-0.25, -0.2) is 24.9 Å². The second-order valence-electron chi connectivity index (χ2n) is 9.39. The van der Waals surface area contributed by atoms with Gasteiger partial charge in [-0.3, -0.25) is 14.3 Å². The van der Waals surface area contributed by atoms with Gasteiger partial charge in [-0.2, -0.15) is 0 Å². The Kier molecular flexibility index (Phi) is 7.55. The van der Waals surface area contributed by atoms with Crippen LogP contribution >= 0.6 is 11.8 Å². The van der Waals surface area contributed by atoms with Gasteiger partial charge in [0, 0.05) is 23.1 Å². The van der Waals surface area contributed by atoms with E-state index in [-0.39, 0.29) is 17.4 Å². The highest BCUT2D eigenvalue weighted by Gasteiger charge is 2.32. The number of methoxy groups -OCH3 is 1. The number of anilines is 1. The van der Waals surface area contributed by atoms with Gasteiger partial charge in [0.2, 0.25) is 5.88 Å². The Labute approximate surface area is 225 Å². The molecule has 4 heterocycles. The second kappa shape index (κ2) is 11.0. The highest BCUT2D eigenvalue weighted by atomic mass is 32.2. The summed E-state index contributed by atoms with van der Waals surface area (Å²) < 4.78 is 7.29. The van der Waals surface area contributed by atoms with Gasteiger partial charge in [0.15, 0.2) is 17.3 Å². The van der Waals surface area contributed by atoms with E-state index in [1.54, 1.807) is 23.4 Å². The molecular weight excluding hydrogens is 500 g/mol. The number of fused-ring (bicyclic) bond motifs is 1. The van der Waals surface area contributed by atoms with Crippen LogP contribution in [-0.4, -0.2) is 47.3 Å². The van der Waals surface area contributed by atoms with E-state index in [1.165, 1.54) is 6.33 Å². The van der Waals surface area contributed by atoms with Gasteiger partial charge in [-0.05, 0) is 51.0 Å². The third-order valence-electron chi connectivity index (χ3n) is 6.71. The maximum atomic E-state index is 13.7. The number of hydrogen-bond donors (Lipinski definition) is 1. The molecule has 1 fully saturated rings. The summed E-state index contributed by atoms with van der Waals surface area (Å²) >= 11 is 1.74. The third-order valence-corrected chi connectivity index (χ3v) is 7.58. The maximum absolute atomic E-state index is 13.7. The topological polar surface area (TPSA) is 121 Å². The molecule has 5 rings (SSSR count). The van der Waals surface area contributed by atoms with Crippen LogP contribution < -0.4 is 15.6 Å². The van der Waals surface area contributed by atoms with Gasteiger partial charge in [0.25, 0.3) is 5.56 Å². The lowest BCUT2D eigenvalue weighted by Gasteiger charge is -2.19. The van der Waals surface area contributed by atoms with Crippen molar-refractivity contribution >= 4 is 28.7 Å². The number of rotatable bonds is 10. The fourth-order valence-corrected chi connectivity index (χ4v) is 5.02. The summed E-state index contributed by atoms with van der Waals surface area (Å²) in [7, 11) is 1.58. The van der Waals surface area contributed by atoms with Gasteiger partial charge in [-0.15, -0.1) is 11.8 Å². The smallest absolute Gasteiger partial charge is 0.295 e. The molecule has 1 aliphatic carbocycles. The number of nitrogens with one attached hydrogen (secondary N) is 1. The Morgan fingerprint density at radius 2 is 1.97 bits per heavy atom. The normalized spacial score (nSPS) is 14.0. The largest absolute Gasteiger partial charge is 0.480 e. The van der Waals surface area contributed by atoms with Gasteiger partial charge < -0.3 is 10.1 Å². The Balaban J connectivity index is 1.60. The van der Waals surface area contributed by atoms with Gasteiger partial charge in [0.1, 0.15) is 17.4 Å². The van der Waals surface area contributed by atoms with Crippen molar-refractivity contribution in [2.45, 2.75) is 70.4 Å². The molecule has 0 saturated heterocycles. The summed E-state index contributed by atoms with van der Waals surface area (Å²) in [6, 6.07) is 3.91. The number of thioether (sulfide) groups is 1. The molecule has 0 aliphatic heterocycles. The van der Waals surface area contributed by atoms with Crippen molar-refractivity contribution in [2.24, 2.45) is 0 Å². The zero-order valence-electron chi connectivity index (χ0n) is 22.4. The zero-order valence-corrected chi connectivity index (χ0v) is 23.2. The van der Waals surface area contributed by atoms with Crippen molar-refractivity contribution < 1.29 is 4.74 Å². The number of nitrogens with zero attached hydrogens (tertiary/aromatic N) is 7. The van der Waals surface area contributed by atoms with E-state index in [1.807, 2.05) is 39.1 Å². The minimum atomic E-state index is -0.229. The van der Waals surface area contributed by atoms with Crippen LogP contribution in [0.2, 0.25) is 0 Å². The summed E-state index contributed by atoms with van der Waals surface area (Å²) in [6.45, 7) is 8.43. The van der Waals surface area contributed by atoms with E-state index in [0.717, 1.165) is 41.3 Å². The minimum Gasteiger partial charge on any atom is -0.480 e. The molecule has 38 heavy (non-hydrogen) atoms. The van der Waals surface area contributed by atoms with E-state index in [9.17, 15) is 4.79 Å². The molecule has 1 unspecified atom stereocenters. The predicted molar refractivity (Wildman–Crippen MR) is 149 cm³/mol. The van der Waals surface area contributed by atoms with Crippen LogP contribution in [0.25, 0.3) is 22.6 Å². The number of aryl methyl sites for hydroxylation is 1. The molecule has 11 heteroatoms. The molecule has 4 aromatic rings. The minimum absolute atomic E-state index is 0.101. The SMILES string of the molecule is CCSc1ccc(CNc2nc3c(C)nc(-c4c(OC)ncnc4C4CC4)nc3n(C(C)CC)c2=O)nc1. The molecule has 0 radical (unpaired) electrons. The van der Waals surface area contributed by atoms with E-state index < -0.39 is 0 Å². The molecule has 1 atom stereocenters. The first-order valence-electron chi connectivity index (χ1n) is 13.0. The molecule has 1 N–H and O–H groups in total. The Hall–Kier alpha value is -3.60. The van der Waals surface area contributed by atoms with Crippen molar-refractivity contribution in [3.05, 3.63) is 52.1 Å². The van der Waals surface area contributed by atoms with Crippen molar-refractivity contribution in [3.63, 3.8) is 0 Å². The van der Waals surface area contributed by atoms with Gasteiger partial charge in [-0.1, -0.05) is 13.8 Å². The first-order valence-corrected chi connectivity index (χ1v) is 13.9. The van der Waals surface area contributed by atoms with Crippen LogP contribution in [0, 0.1) is 6.92 Å². The Morgan fingerprint density at radius 3 is 2.63 bits per heavy atom. The number of hydrogen-bond acceptors (Lipinski definition) is 10. The Bertz CT molecular complexity index is 1520. The molecule has 1 aliphatic rings. The van der Waals surface area contributed by atoms with E-state index in [2.05, 4.69) is 27.2 Å². The standard InChI is InChI=1S/C27H32N8O2S/c1-6-15(3)35-25-21(33-24(27(35)36)29-12-18-10-11-19(13-28-18)38-7-2)16(4)32-23(34-25)20-22(17-8-9-17)30-14-31-26(20)37-5/h10-11,13-15,17H,6-9,12H2,1-5H3,(H,29,33). The van der Waals surface area contributed by atoms with Crippen molar-refractivity contribution in [1.29, 1.82) is 0 Å². The quantitative estimate of drug-likeness (QED) is 0.281. The van der Waals surface area contributed by atoms with Crippen LogP contribution in [0.3, 0.4) is 0 Å². The molecule has 198 valence electrons. The van der Waals surface area contributed by atoms with Crippen LogP contribution in [0.15, 0.2) is 34.3 Å². The summed E-state index contributed by atoms with van der Waals surface area (Å²) in [6.07, 6.45) is 6.24. The lowest BCUT2D eigenvalue weighted by atomic mass is 10.1. The summed E-state index contributed by atoms with van der Waals surface area (Å²) in [4.78, 5) is 42.6. The fourth-order valence-electron chi connectivity index (χ4n) is 4.39. The molecule has 0 spiro atoms.